The van der Waals surface area contributed by atoms with Crippen LogP contribution in [0.15, 0.2) is 48.0 Å². The number of aromatic hydroxyl groups is 2. The topological polar surface area (TPSA) is 162 Å². The molecule has 3 aromatic carbocycles. The fourth-order valence-electron chi connectivity index (χ4n) is 7.95. The number of phenolic OH excluding ortho intramolecular Hbond substituents is 1. The molecule has 0 radical (unpaired) electrons. The molecule has 270 valence electrons. The zero-order chi connectivity index (χ0) is 37.9. The molecule has 11 nitrogen and oxygen atoms in total. The first kappa shape index (κ1) is 35.2. The van der Waals surface area contributed by atoms with Crippen LogP contribution in [0.25, 0.3) is 0 Å². The van der Waals surface area contributed by atoms with E-state index in [2.05, 4.69) is 0 Å². The number of nitrogens with zero attached hydrogens (tertiary/aromatic N) is 2. The van der Waals surface area contributed by atoms with Gasteiger partial charge in [-0.1, -0.05) is 17.7 Å². The Balaban J connectivity index is 1.43. The zero-order valence-electron chi connectivity index (χ0n) is 26.1. The Bertz CT molecular complexity index is 2210. The fraction of sp³-hybridized carbons (Fsp3) is 0.265. The molecule has 3 N–H and O–H groups in total. The number of phenols is 2. The van der Waals surface area contributed by atoms with Crippen molar-refractivity contribution in [3.63, 3.8) is 0 Å². The van der Waals surface area contributed by atoms with Crippen molar-refractivity contribution in [2.75, 3.05) is 16.9 Å². The number of aromatic carboxylic acids is 1. The summed E-state index contributed by atoms with van der Waals surface area (Å²) >= 11 is 14.2. The SMILES string of the molecule is COc1cc(O)ccc1[C@H]1C2=CC[C@@H]3C(=O)N(c4ccc(C(=O)O)c(O)c4)C(=O)[C@@H]3[C@@H]2C[C@@]2(Cl)C(=O)N(c3c(F)c(F)c(F)c(F)c3F)C(=O)[C@@]12Cl. The highest BCUT2D eigenvalue weighted by Crippen LogP contribution is 2.67. The predicted octanol–water partition coefficient (Wildman–Crippen LogP) is 5.27. The molecular weight excluding hydrogens is 746 g/mol. The van der Waals surface area contributed by atoms with Gasteiger partial charge in [0, 0.05) is 23.6 Å². The number of hydrogen-bond acceptors (Lipinski definition) is 8. The summed E-state index contributed by atoms with van der Waals surface area (Å²) in [6, 6.07) is 6.46. The average Bonchev–Trinajstić information content (AvgIpc) is 3.44. The number of benzene rings is 3. The summed E-state index contributed by atoms with van der Waals surface area (Å²) < 4.78 is 78.8. The molecule has 3 fully saturated rings. The van der Waals surface area contributed by atoms with E-state index in [1.54, 1.807) is 0 Å². The third-order valence-corrected chi connectivity index (χ3v) is 11.6. The Kier molecular flexibility index (Phi) is 7.88. The number of ether oxygens (including phenoxy) is 1. The number of carbonyl (C=O) groups is 5. The number of fused-ring (bicyclic) bond motifs is 4. The van der Waals surface area contributed by atoms with Crippen molar-refractivity contribution in [3.8, 4) is 17.2 Å². The minimum Gasteiger partial charge on any atom is -0.508 e. The van der Waals surface area contributed by atoms with Crippen LogP contribution in [0.5, 0.6) is 17.2 Å². The van der Waals surface area contributed by atoms with Crippen LogP contribution in [0, 0.1) is 46.8 Å². The van der Waals surface area contributed by atoms with Gasteiger partial charge >= 0.3 is 5.97 Å². The summed E-state index contributed by atoms with van der Waals surface area (Å²) in [7, 11) is 1.17. The van der Waals surface area contributed by atoms with Crippen LogP contribution in [-0.4, -0.2) is 61.8 Å². The summed E-state index contributed by atoms with van der Waals surface area (Å²) in [6.45, 7) is 0. The molecule has 2 aliphatic carbocycles. The molecule has 3 aromatic rings. The van der Waals surface area contributed by atoms with Crippen LogP contribution in [0.2, 0.25) is 0 Å². The van der Waals surface area contributed by atoms with Gasteiger partial charge in [0.25, 0.3) is 11.8 Å². The first-order valence-electron chi connectivity index (χ1n) is 15.2. The zero-order valence-corrected chi connectivity index (χ0v) is 27.6. The number of carbonyl (C=O) groups excluding carboxylic acids is 4. The van der Waals surface area contributed by atoms with Crippen molar-refractivity contribution < 1.29 is 66.0 Å². The number of methoxy groups -OCH3 is 1. The number of carboxylic acids is 1. The highest BCUT2D eigenvalue weighted by Gasteiger charge is 2.77. The van der Waals surface area contributed by atoms with Gasteiger partial charge in [-0.3, -0.25) is 19.2 Å². The van der Waals surface area contributed by atoms with Crippen molar-refractivity contribution >= 4 is 64.2 Å². The largest absolute Gasteiger partial charge is 0.508 e. The quantitative estimate of drug-likeness (QED) is 0.0785. The Hall–Kier alpha value is -5.22. The van der Waals surface area contributed by atoms with Gasteiger partial charge in [-0.25, -0.2) is 36.5 Å². The van der Waals surface area contributed by atoms with Crippen LogP contribution in [0.3, 0.4) is 0 Å². The van der Waals surface area contributed by atoms with Crippen molar-refractivity contribution in [1.29, 1.82) is 0 Å². The first-order valence-corrected chi connectivity index (χ1v) is 16.0. The molecule has 6 atom stereocenters. The second-order valence-electron chi connectivity index (χ2n) is 12.6. The maximum Gasteiger partial charge on any atom is 0.339 e. The van der Waals surface area contributed by atoms with E-state index in [1.165, 1.54) is 19.3 Å². The van der Waals surface area contributed by atoms with Gasteiger partial charge in [0.05, 0.1) is 24.6 Å². The smallest absolute Gasteiger partial charge is 0.339 e. The van der Waals surface area contributed by atoms with E-state index in [9.17, 15) is 52.5 Å². The van der Waals surface area contributed by atoms with Gasteiger partial charge in [-0.2, -0.15) is 0 Å². The molecule has 2 heterocycles. The highest BCUT2D eigenvalue weighted by molar-refractivity contribution is 6.58. The molecule has 7 rings (SSSR count). The molecule has 0 unspecified atom stereocenters. The second kappa shape index (κ2) is 11.6. The number of rotatable bonds is 5. The molecule has 18 heteroatoms. The Morgan fingerprint density at radius 1 is 0.846 bits per heavy atom. The monoisotopic (exact) mass is 766 g/mol. The van der Waals surface area contributed by atoms with Crippen LogP contribution in [0.4, 0.5) is 33.3 Å². The minimum absolute atomic E-state index is 0.0436. The minimum atomic E-state index is -2.81. The standard InChI is InChI=1S/C34H21Cl2F5N2O9/c1-52-19-9-12(44)3-5-15(19)21-13-6-7-16-20(29(47)42(28(16)46)11-2-4-14(30(48)49)18(45)8-11)17(13)10-33(35)31(50)43(32(51)34(21,33)36)27-25(40)23(38)22(37)24(39)26(27)41/h2-6,8-9,16-17,20-21,44-45H,7,10H2,1H3,(H,48,49)/t16-,17+,20-,21+,33+,34-/m0/s1. The second-order valence-corrected chi connectivity index (χ2v) is 13.9. The normalized spacial score (nSPS) is 28.1. The highest BCUT2D eigenvalue weighted by atomic mass is 35.5. The van der Waals surface area contributed by atoms with E-state index in [-0.39, 0.29) is 39.6 Å². The lowest BCUT2D eigenvalue weighted by molar-refractivity contribution is -0.125. The molecule has 0 spiro atoms. The van der Waals surface area contributed by atoms with Gasteiger partial charge in [0.1, 0.15) is 28.5 Å². The lowest BCUT2D eigenvalue weighted by Crippen LogP contribution is -2.60. The van der Waals surface area contributed by atoms with E-state index >= 15 is 8.78 Å². The summed E-state index contributed by atoms with van der Waals surface area (Å²) in [5.74, 6) is -25.7. The maximum atomic E-state index is 15.2. The lowest BCUT2D eigenvalue weighted by Gasteiger charge is -2.50. The number of alkyl halides is 2. The number of anilines is 2. The third-order valence-electron chi connectivity index (χ3n) is 10.2. The van der Waals surface area contributed by atoms with Gasteiger partial charge in [0.15, 0.2) is 33.0 Å². The first-order chi connectivity index (χ1) is 24.4. The third kappa shape index (κ3) is 4.39. The molecule has 52 heavy (non-hydrogen) atoms. The molecule has 0 bridgehead atoms. The Labute approximate surface area is 298 Å². The van der Waals surface area contributed by atoms with Crippen LogP contribution in [0.1, 0.15) is 34.7 Å². The van der Waals surface area contributed by atoms with E-state index in [1.807, 2.05) is 0 Å². The molecule has 4 amide bonds. The summed E-state index contributed by atoms with van der Waals surface area (Å²) in [5, 5.41) is 29.8. The molecule has 1 saturated carbocycles. The number of hydrogen-bond donors (Lipinski definition) is 3. The van der Waals surface area contributed by atoms with E-state index in [0.29, 0.717) is 4.90 Å². The van der Waals surface area contributed by atoms with Gasteiger partial charge in [0.2, 0.25) is 17.6 Å². The van der Waals surface area contributed by atoms with E-state index in [0.717, 1.165) is 30.3 Å². The van der Waals surface area contributed by atoms with Gasteiger partial charge < -0.3 is 20.1 Å². The van der Waals surface area contributed by atoms with Crippen molar-refractivity contribution in [3.05, 3.63) is 88.3 Å². The Morgan fingerprint density at radius 3 is 2.08 bits per heavy atom. The molecule has 4 aliphatic rings. The lowest BCUT2D eigenvalue weighted by atomic mass is 9.56. The number of amides is 4. The molecule has 2 aliphatic heterocycles. The average molecular weight is 767 g/mol. The summed E-state index contributed by atoms with van der Waals surface area (Å²) in [5.41, 5.74) is -2.57. The van der Waals surface area contributed by atoms with E-state index in [4.69, 9.17) is 27.9 Å². The predicted molar refractivity (Wildman–Crippen MR) is 169 cm³/mol. The number of halogens is 7. The molecule has 0 aromatic heterocycles. The number of imide groups is 2. The van der Waals surface area contributed by atoms with Crippen molar-refractivity contribution in [2.45, 2.75) is 28.5 Å². The maximum absolute atomic E-state index is 15.2. The molecular formula is C34H21Cl2F5N2O9. The fourth-order valence-corrected chi connectivity index (χ4v) is 8.87. The number of allylic oxidation sites excluding steroid dienone is 2. The van der Waals surface area contributed by atoms with Crippen molar-refractivity contribution in [1.82, 2.24) is 0 Å². The van der Waals surface area contributed by atoms with Crippen molar-refractivity contribution in [2.24, 2.45) is 17.8 Å². The van der Waals surface area contributed by atoms with Crippen LogP contribution >= 0.6 is 23.2 Å². The number of carboxylic acid groups (broad SMARTS) is 1. The van der Waals surface area contributed by atoms with Gasteiger partial charge in [-0.15, -0.1) is 23.2 Å². The van der Waals surface area contributed by atoms with E-state index < -0.39 is 116 Å². The summed E-state index contributed by atoms with van der Waals surface area (Å²) in [6.07, 6.45) is 0.510. The van der Waals surface area contributed by atoms with Crippen LogP contribution in [-0.2, 0) is 19.2 Å². The van der Waals surface area contributed by atoms with Crippen LogP contribution < -0.4 is 14.5 Å². The van der Waals surface area contributed by atoms with Gasteiger partial charge in [-0.05, 0) is 37.0 Å². The summed E-state index contributed by atoms with van der Waals surface area (Å²) in [4.78, 5) is 62.9. The molecule has 2 saturated heterocycles. The Morgan fingerprint density at radius 2 is 1.48 bits per heavy atom.